The maximum atomic E-state index is 10.9. The minimum absolute atomic E-state index is 0.0984. The Balaban J connectivity index is 3.34. The van der Waals surface area contributed by atoms with Crippen LogP contribution in [-0.2, 0) is 14.3 Å². The average molecular weight is 325 g/mol. The van der Waals surface area contributed by atoms with Gasteiger partial charge in [-0.2, -0.15) is 0 Å². The molecule has 0 spiro atoms. The van der Waals surface area contributed by atoms with E-state index in [1.54, 1.807) is 0 Å². The smallest absolute Gasteiger partial charge is 0.305 e. The Labute approximate surface area is 142 Å². The number of ether oxygens (including phenoxy) is 1. The molecular formula is C20H36O3. The Morgan fingerprint density at radius 3 is 1.61 bits per heavy atom. The minimum atomic E-state index is -0.0984. The second kappa shape index (κ2) is 17.3. The van der Waals surface area contributed by atoms with Crippen LogP contribution in [0.4, 0.5) is 0 Å². The van der Waals surface area contributed by atoms with Crippen LogP contribution in [0.3, 0.4) is 0 Å². The van der Waals surface area contributed by atoms with E-state index < -0.39 is 0 Å². The third-order valence-electron chi connectivity index (χ3n) is 4.31. The summed E-state index contributed by atoms with van der Waals surface area (Å²) in [5.41, 5.74) is 0.990. The summed E-state index contributed by atoms with van der Waals surface area (Å²) in [6.45, 7) is 2.20. The van der Waals surface area contributed by atoms with Crippen LogP contribution in [0, 0.1) is 0 Å². The number of hydrogen-bond donors (Lipinski definition) is 0. The van der Waals surface area contributed by atoms with E-state index in [-0.39, 0.29) is 5.97 Å². The van der Waals surface area contributed by atoms with Crippen LogP contribution in [0.15, 0.2) is 5.57 Å². The fourth-order valence-corrected chi connectivity index (χ4v) is 2.76. The summed E-state index contributed by atoms with van der Waals surface area (Å²) in [4.78, 5) is 21.9. The highest BCUT2D eigenvalue weighted by Gasteiger charge is 2.01. The van der Waals surface area contributed by atoms with Gasteiger partial charge in [0, 0.05) is 12.0 Å². The molecule has 0 heterocycles. The van der Waals surface area contributed by atoms with Gasteiger partial charge >= 0.3 is 5.97 Å². The van der Waals surface area contributed by atoms with Gasteiger partial charge in [-0.15, -0.1) is 0 Å². The lowest BCUT2D eigenvalue weighted by atomic mass is 10.0. The molecule has 0 aliphatic rings. The zero-order chi connectivity index (χ0) is 17.2. The SMILES string of the molecule is CCCCCCC(=C=O)CCCCCCCCCCC(=O)OC. The molecule has 0 aromatic rings. The van der Waals surface area contributed by atoms with Crippen LogP contribution >= 0.6 is 0 Å². The fraction of sp³-hybridized carbons (Fsp3) is 0.850. The van der Waals surface area contributed by atoms with Crippen molar-refractivity contribution >= 4 is 11.9 Å². The Bertz CT molecular complexity index is 330. The summed E-state index contributed by atoms with van der Waals surface area (Å²) in [5.74, 6) is 2.05. The minimum Gasteiger partial charge on any atom is -0.469 e. The first-order valence-corrected chi connectivity index (χ1v) is 9.54. The highest BCUT2D eigenvalue weighted by Crippen LogP contribution is 2.16. The fourth-order valence-electron chi connectivity index (χ4n) is 2.76. The maximum Gasteiger partial charge on any atom is 0.305 e. The number of esters is 1. The predicted molar refractivity (Wildman–Crippen MR) is 96.2 cm³/mol. The van der Waals surface area contributed by atoms with Crippen molar-refractivity contribution in [2.45, 2.75) is 103 Å². The largest absolute Gasteiger partial charge is 0.469 e. The van der Waals surface area contributed by atoms with E-state index in [1.165, 1.54) is 58.5 Å². The molecule has 3 heteroatoms. The molecule has 0 rings (SSSR count). The van der Waals surface area contributed by atoms with Crippen LogP contribution < -0.4 is 0 Å². The van der Waals surface area contributed by atoms with E-state index in [0.29, 0.717) is 6.42 Å². The van der Waals surface area contributed by atoms with E-state index in [0.717, 1.165) is 44.1 Å². The predicted octanol–water partition coefficient (Wildman–Crippen LogP) is 5.79. The summed E-state index contributed by atoms with van der Waals surface area (Å²) in [5, 5.41) is 0. The molecule has 3 nitrogen and oxygen atoms in total. The Hall–Kier alpha value is -1.08. The number of unbranched alkanes of at least 4 members (excludes halogenated alkanes) is 10. The van der Waals surface area contributed by atoms with Crippen molar-refractivity contribution < 1.29 is 14.3 Å². The van der Waals surface area contributed by atoms with E-state index in [1.807, 2.05) is 0 Å². The molecule has 0 atom stereocenters. The Morgan fingerprint density at radius 1 is 0.739 bits per heavy atom. The summed E-state index contributed by atoms with van der Waals surface area (Å²) >= 11 is 0. The van der Waals surface area contributed by atoms with Gasteiger partial charge in [0.2, 0.25) is 0 Å². The second-order valence-corrected chi connectivity index (χ2v) is 6.42. The van der Waals surface area contributed by atoms with Crippen molar-refractivity contribution in [2.24, 2.45) is 0 Å². The van der Waals surface area contributed by atoms with Crippen LogP contribution in [0.2, 0.25) is 0 Å². The van der Waals surface area contributed by atoms with Gasteiger partial charge in [0.1, 0.15) is 5.94 Å². The van der Waals surface area contributed by atoms with Gasteiger partial charge in [-0.3, -0.25) is 4.79 Å². The van der Waals surface area contributed by atoms with Crippen LogP contribution in [-0.4, -0.2) is 19.0 Å². The number of carbonyl (C=O) groups is 1. The summed E-state index contributed by atoms with van der Waals surface area (Å²) in [6, 6.07) is 0. The molecule has 0 N–H and O–H groups in total. The first kappa shape index (κ1) is 21.9. The standard InChI is InChI=1S/C20H36O3/c1-3-4-5-12-15-19(18-21)16-13-10-8-6-7-9-11-14-17-20(22)23-2/h3-17H2,1-2H3. The Kier molecular flexibility index (Phi) is 16.5. The zero-order valence-corrected chi connectivity index (χ0v) is 15.3. The number of carbonyl (C=O) groups excluding carboxylic acids is 2. The number of allylic oxidation sites excluding steroid dienone is 1. The highest BCUT2D eigenvalue weighted by atomic mass is 16.5. The lowest BCUT2D eigenvalue weighted by Gasteiger charge is -2.04. The first-order chi connectivity index (χ1) is 11.2. The van der Waals surface area contributed by atoms with Crippen LogP contribution in [0.25, 0.3) is 0 Å². The molecule has 134 valence electrons. The molecule has 0 saturated heterocycles. The van der Waals surface area contributed by atoms with Crippen molar-refractivity contribution in [3.05, 3.63) is 5.57 Å². The lowest BCUT2D eigenvalue weighted by Crippen LogP contribution is -1.99. The van der Waals surface area contributed by atoms with Crippen molar-refractivity contribution in [1.82, 2.24) is 0 Å². The third-order valence-corrected chi connectivity index (χ3v) is 4.31. The molecule has 0 saturated carbocycles. The topological polar surface area (TPSA) is 43.4 Å². The Morgan fingerprint density at radius 2 is 1.17 bits per heavy atom. The molecule has 0 amide bonds. The molecule has 23 heavy (non-hydrogen) atoms. The highest BCUT2D eigenvalue weighted by molar-refractivity contribution is 5.68. The van der Waals surface area contributed by atoms with Gasteiger partial charge in [0.15, 0.2) is 0 Å². The molecule has 0 bridgehead atoms. The summed E-state index contributed by atoms with van der Waals surface area (Å²) in [7, 11) is 1.44. The molecular weight excluding hydrogens is 288 g/mol. The molecule has 0 unspecified atom stereocenters. The third kappa shape index (κ3) is 15.6. The number of rotatable bonds is 16. The summed E-state index contributed by atoms with van der Waals surface area (Å²) < 4.78 is 4.62. The van der Waals surface area contributed by atoms with Gasteiger partial charge in [-0.05, 0) is 32.1 Å². The molecule has 0 aliphatic heterocycles. The normalized spacial score (nSPS) is 10.3. The van der Waals surface area contributed by atoms with Crippen molar-refractivity contribution in [3.63, 3.8) is 0 Å². The average Bonchev–Trinajstić information content (AvgIpc) is 2.57. The van der Waals surface area contributed by atoms with E-state index in [4.69, 9.17) is 0 Å². The van der Waals surface area contributed by atoms with E-state index in [2.05, 4.69) is 17.6 Å². The lowest BCUT2D eigenvalue weighted by molar-refractivity contribution is -0.140. The van der Waals surface area contributed by atoms with Gasteiger partial charge in [-0.25, -0.2) is 4.79 Å². The van der Waals surface area contributed by atoms with Crippen molar-refractivity contribution in [1.29, 1.82) is 0 Å². The van der Waals surface area contributed by atoms with Crippen molar-refractivity contribution in [3.8, 4) is 0 Å². The number of hydrogen-bond acceptors (Lipinski definition) is 3. The zero-order valence-electron chi connectivity index (χ0n) is 15.3. The number of methoxy groups -OCH3 is 1. The van der Waals surface area contributed by atoms with Gasteiger partial charge in [-0.1, -0.05) is 64.7 Å². The molecule has 0 fully saturated rings. The quantitative estimate of drug-likeness (QED) is 0.205. The van der Waals surface area contributed by atoms with Gasteiger partial charge in [0.25, 0.3) is 0 Å². The molecule has 0 aliphatic carbocycles. The molecule has 0 aromatic heterocycles. The van der Waals surface area contributed by atoms with Gasteiger partial charge < -0.3 is 4.74 Å². The second-order valence-electron chi connectivity index (χ2n) is 6.42. The maximum absolute atomic E-state index is 10.9. The van der Waals surface area contributed by atoms with E-state index >= 15 is 0 Å². The first-order valence-electron chi connectivity index (χ1n) is 9.54. The summed E-state index contributed by atoms with van der Waals surface area (Å²) in [6.07, 6.45) is 16.7. The van der Waals surface area contributed by atoms with Crippen molar-refractivity contribution in [2.75, 3.05) is 7.11 Å². The van der Waals surface area contributed by atoms with Crippen LogP contribution in [0.5, 0.6) is 0 Å². The van der Waals surface area contributed by atoms with E-state index in [9.17, 15) is 9.59 Å². The molecule has 0 aromatic carbocycles. The van der Waals surface area contributed by atoms with Crippen LogP contribution in [0.1, 0.15) is 103 Å². The van der Waals surface area contributed by atoms with Gasteiger partial charge in [0.05, 0.1) is 7.11 Å². The monoisotopic (exact) mass is 324 g/mol. The molecule has 0 radical (unpaired) electrons.